The normalized spacial score (nSPS) is 12.2. The van der Waals surface area contributed by atoms with Crippen molar-refractivity contribution in [3.05, 3.63) is 5.69 Å². The molecule has 11 heteroatoms. The van der Waals surface area contributed by atoms with Crippen molar-refractivity contribution < 1.29 is 13.2 Å². The molecule has 0 spiro atoms. The molecule has 0 bridgehead atoms. The summed E-state index contributed by atoms with van der Waals surface area (Å²) in [5.41, 5.74) is 0.740. The zero-order chi connectivity index (χ0) is 15.6. The summed E-state index contributed by atoms with van der Waals surface area (Å²) in [5.74, 6) is 0.507. The number of aromatic nitrogens is 5. The molecule has 2 aromatic rings. The van der Waals surface area contributed by atoms with Crippen LogP contribution in [0.1, 0.15) is 25.5 Å². The summed E-state index contributed by atoms with van der Waals surface area (Å²) in [7, 11) is 2.92. The molecule has 116 valence electrons. The second-order valence-electron chi connectivity index (χ2n) is 4.53. The molecule has 21 heavy (non-hydrogen) atoms. The van der Waals surface area contributed by atoms with Crippen molar-refractivity contribution in [2.75, 3.05) is 13.7 Å². The molecule has 0 unspecified atom stereocenters. The minimum atomic E-state index is -4.00. The highest BCUT2D eigenvalue weighted by molar-refractivity contribution is 8.13. The highest BCUT2D eigenvalue weighted by Gasteiger charge is 2.26. The Balaban J connectivity index is 2.58. The van der Waals surface area contributed by atoms with Crippen LogP contribution in [-0.2, 0) is 20.3 Å². The summed E-state index contributed by atoms with van der Waals surface area (Å²) in [5, 5.41) is 11.4. The Bertz CT molecular complexity index is 725. The van der Waals surface area contributed by atoms with E-state index in [1.807, 2.05) is 13.8 Å². The van der Waals surface area contributed by atoms with Crippen LogP contribution in [0.15, 0.2) is 5.16 Å². The lowest BCUT2D eigenvalue weighted by Gasteiger charge is -2.08. The van der Waals surface area contributed by atoms with Gasteiger partial charge in [0.25, 0.3) is 14.2 Å². The highest BCUT2D eigenvalue weighted by atomic mass is 35.7. The van der Waals surface area contributed by atoms with Crippen molar-refractivity contribution in [2.45, 2.75) is 31.5 Å². The van der Waals surface area contributed by atoms with Crippen LogP contribution in [0.4, 0.5) is 0 Å². The second kappa shape index (κ2) is 6.34. The number of halogens is 1. The summed E-state index contributed by atoms with van der Waals surface area (Å²) >= 11 is 1.14. The molecule has 0 saturated carbocycles. The standard InChI is InChI=1S/C10H14ClN5O3S2/c1-6(2)7-8(20-15-12-7)9-13-14-10(21(11,17)18)16(9)4-5-19-3/h6H,4-5H2,1-3H3. The summed E-state index contributed by atoms with van der Waals surface area (Å²) < 4.78 is 33.5. The largest absolute Gasteiger partial charge is 0.383 e. The summed E-state index contributed by atoms with van der Waals surface area (Å²) in [6, 6.07) is 0. The topological polar surface area (TPSA) is 99.9 Å². The maximum absolute atomic E-state index is 11.6. The van der Waals surface area contributed by atoms with Crippen molar-refractivity contribution in [1.29, 1.82) is 0 Å². The van der Waals surface area contributed by atoms with Gasteiger partial charge in [-0.05, 0) is 17.5 Å². The fraction of sp³-hybridized carbons (Fsp3) is 0.600. The van der Waals surface area contributed by atoms with Gasteiger partial charge in [0.1, 0.15) is 4.88 Å². The van der Waals surface area contributed by atoms with Gasteiger partial charge in [-0.2, -0.15) is 0 Å². The van der Waals surface area contributed by atoms with E-state index in [1.54, 1.807) is 0 Å². The molecule has 0 fully saturated rings. The van der Waals surface area contributed by atoms with Crippen LogP contribution < -0.4 is 0 Å². The van der Waals surface area contributed by atoms with Crippen molar-refractivity contribution in [3.63, 3.8) is 0 Å². The van der Waals surface area contributed by atoms with Crippen molar-refractivity contribution in [2.24, 2.45) is 0 Å². The maximum Gasteiger partial charge on any atom is 0.296 e. The lowest BCUT2D eigenvalue weighted by atomic mass is 10.1. The van der Waals surface area contributed by atoms with Crippen LogP contribution in [0, 0.1) is 0 Å². The highest BCUT2D eigenvalue weighted by Crippen LogP contribution is 2.31. The molecule has 2 aromatic heterocycles. The van der Waals surface area contributed by atoms with E-state index in [-0.39, 0.29) is 17.6 Å². The third-order valence-corrected chi connectivity index (χ3v) is 4.61. The number of hydrogen-bond donors (Lipinski definition) is 0. The average molecular weight is 352 g/mol. The molecule has 2 heterocycles. The molecule has 0 aromatic carbocycles. The average Bonchev–Trinajstić information content (AvgIpc) is 3.01. The summed E-state index contributed by atoms with van der Waals surface area (Å²) in [6.07, 6.45) is 0. The number of ether oxygens (including phenoxy) is 1. The van der Waals surface area contributed by atoms with Gasteiger partial charge in [-0.15, -0.1) is 15.3 Å². The van der Waals surface area contributed by atoms with E-state index in [4.69, 9.17) is 15.4 Å². The number of methoxy groups -OCH3 is 1. The Hall–Kier alpha value is -1.10. The zero-order valence-electron chi connectivity index (χ0n) is 11.6. The van der Waals surface area contributed by atoms with E-state index < -0.39 is 9.05 Å². The van der Waals surface area contributed by atoms with Gasteiger partial charge < -0.3 is 4.74 Å². The van der Waals surface area contributed by atoms with E-state index in [1.165, 1.54) is 11.7 Å². The van der Waals surface area contributed by atoms with Gasteiger partial charge in [0.05, 0.1) is 18.8 Å². The van der Waals surface area contributed by atoms with Crippen LogP contribution in [0.2, 0.25) is 0 Å². The molecule has 0 atom stereocenters. The van der Waals surface area contributed by atoms with E-state index in [0.717, 1.165) is 17.2 Å². The molecule has 8 nitrogen and oxygen atoms in total. The molecule has 0 radical (unpaired) electrons. The van der Waals surface area contributed by atoms with Gasteiger partial charge in [-0.3, -0.25) is 4.57 Å². The van der Waals surface area contributed by atoms with Gasteiger partial charge in [0.2, 0.25) is 0 Å². The molecule has 0 N–H and O–H groups in total. The van der Waals surface area contributed by atoms with Crippen molar-refractivity contribution in [1.82, 2.24) is 24.4 Å². The van der Waals surface area contributed by atoms with Gasteiger partial charge in [-0.25, -0.2) is 8.42 Å². The quantitative estimate of drug-likeness (QED) is 0.727. The van der Waals surface area contributed by atoms with Crippen LogP contribution in [0.5, 0.6) is 0 Å². The Morgan fingerprint density at radius 2 is 2.05 bits per heavy atom. The zero-order valence-corrected chi connectivity index (χ0v) is 14.0. The van der Waals surface area contributed by atoms with Crippen LogP contribution >= 0.6 is 22.2 Å². The molecule has 0 amide bonds. The van der Waals surface area contributed by atoms with Crippen molar-refractivity contribution >= 4 is 31.3 Å². The van der Waals surface area contributed by atoms with Gasteiger partial charge in [0.15, 0.2) is 5.82 Å². The predicted octanol–water partition coefficient (Wildman–Crippen LogP) is 1.49. The molecule has 0 aliphatic rings. The molecule has 0 aliphatic heterocycles. The lowest BCUT2D eigenvalue weighted by molar-refractivity contribution is 0.185. The molecule has 0 saturated heterocycles. The summed E-state index contributed by atoms with van der Waals surface area (Å²) in [4.78, 5) is 0.681. The third-order valence-electron chi connectivity index (χ3n) is 2.72. The maximum atomic E-state index is 11.6. The van der Waals surface area contributed by atoms with E-state index in [2.05, 4.69) is 19.8 Å². The number of nitrogens with zero attached hydrogens (tertiary/aromatic N) is 5. The molecule has 2 rings (SSSR count). The smallest absolute Gasteiger partial charge is 0.296 e. The Labute approximate surface area is 130 Å². The number of rotatable bonds is 6. The first-order valence-corrected chi connectivity index (χ1v) is 9.14. The van der Waals surface area contributed by atoms with Crippen LogP contribution in [-0.4, -0.2) is 46.5 Å². The predicted molar refractivity (Wildman–Crippen MR) is 77.9 cm³/mol. The Morgan fingerprint density at radius 3 is 2.62 bits per heavy atom. The fourth-order valence-electron chi connectivity index (χ4n) is 1.75. The monoisotopic (exact) mass is 351 g/mol. The lowest BCUT2D eigenvalue weighted by Crippen LogP contribution is -2.11. The minimum Gasteiger partial charge on any atom is -0.383 e. The minimum absolute atomic E-state index is 0.127. The van der Waals surface area contributed by atoms with Gasteiger partial charge >= 0.3 is 0 Å². The van der Waals surface area contributed by atoms with Gasteiger partial charge in [0, 0.05) is 17.8 Å². The second-order valence-corrected chi connectivity index (χ2v) is 7.74. The van der Waals surface area contributed by atoms with E-state index >= 15 is 0 Å². The van der Waals surface area contributed by atoms with E-state index in [0.29, 0.717) is 17.3 Å². The molecular weight excluding hydrogens is 338 g/mol. The third kappa shape index (κ3) is 3.39. The first-order valence-electron chi connectivity index (χ1n) is 6.05. The Morgan fingerprint density at radius 1 is 1.33 bits per heavy atom. The van der Waals surface area contributed by atoms with Gasteiger partial charge in [-0.1, -0.05) is 18.3 Å². The fourth-order valence-corrected chi connectivity index (χ4v) is 3.49. The first-order chi connectivity index (χ1) is 9.86. The van der Waals surface area contributed by atoms with E-state index in [9.17, 15) is 8.42 Å². The number of hydrogen-bond acceptors (Lipinski definition) is 8. The summed E-state index contributed by atoms with van der Waals surface area (Å²) in [6.45, 7) is 4.49. The van der Waals surface area contributed by atoms with Crippen LogP contribution in [0.3, 0.4) is 0 Å². The SMILES string of the molecule is COCCn1c(-c2snnc2C(C)C)nnc1S(=O)(=O)Cl. The van der Waals surface area contributed by atoms with Crippen LogP contribution in [0.25, 0.3) is 10.7 Å². The first kappa shape index (κ1) is 16.3. The molecule has 0 aliphatic carbocycles. The van der Waals surface area contributed by atoms with Crippen molar-refractivity contribution in [3.8, 4) is 10.7 Å². The Kier molecular flexibility index (Phi) is 4.91. The molecular formula is C10H14ClN5O3S2.